The number of hydrogen-bond donors (Lipinski definition) is 0. The summed E-state index contributed by atoms with van der Waals surface area (Å²) in [7, 11) is 1.89. The van der Waals surface area contributed by atoms with E-state index in [1.165, 1.54) is 0 Å². The fourth-order valence-corrected chi connectivity index (χ4v) is 2.43. The summed E-state index contributed by atoms with van der Waals surface area (Å²) in [6, 6.07) is 14.7. The Hall–Kier alpha value is -1.35. The lowest BCUT2D eigenvalue weighted by molar-refractivity contribution is 0.0943. The smallest absolute Gasteiger partial charge is 0.176 e. The number of hydrogen-bond acceptors (Lipinski definition) is 2. The van der Waals surface area contributed by atoms with Gasteiger partial charge in [-0.05, 0) is 24.7 Å². The van der Waals surface area contributed by atoms with E-state index >= 15 is 0 Å². The molecule has 0 aliphatic carbocycles. The predicted octanol–water partition coefficient (Wildman–Crippen LogP) is 4.31. The van der Waals surface area contributed by atoms with Gasteiger partial charge in [0.1, 0.15) is 0 Å². The molecule has 0 bridgehead atoms. The Morgan fingerprint density at radius 1 is 1.10 bits per heavy atom. The second kappa shape index (κ2) is 6.89. The summed E-state index contributed by atoms with van der Waals surface area (Å²) in [4.78, 5) is 14.0. The lowest BCUT2D eigenvalue weighted by Crippen LogP contribution is -2.25. The molecule has 0 unspecified atom stereocenters. The third-order valence-corrected chi connectivity index (χ3v) is 3.55. The van der Waals surface area contributed by atoms with Crippen molar-refractivity contribution in [2.45, 2.75) is 6.54 Å². The first kappa shape index (κ1) is 15.0. The molecule has 0 atom stereocenters. The van der Waals surface area contributed by atoms with Crippen molar-refractivity contribution in [3.63, 3.8) is 0 Å². The van der Waals surface area contributed by atoms with Crippen molar-refractivity contribution in [1.82, 2.24) is 4.90 Å². The maximum absolute atomic E-state index is 12.1. The van der Waals surface area contributed by atoms with Gasteiger partial charge in [-0.1, -0.05) is 59.6 Å². The highest BCUT2D eigenvalue weighted by molar-refractivity contribution is 6.35. The zero-order valence-electron chi connectivity index (χ0n) is 11.1. The zero-order valence-corrected chi connectivity index (χ0v) is 12.7. The summed E-state index contributed by atoms with van der Waals surface area (Å²) >= 11 is 12.0. The Bertz CT molecular complexity index is 599. The monoisotopic (exact) mass is 307 g/mol. The number of rotatable bonds is 5. The van der Waals surface area contributed by atoms with Crippen LogP contribution in [0.2, 0.25) is 10.0 Å². The minimum absolute atomic E-state index is 0.0955. The van der Waals surface area contributed by atoms with Crippen molar-refractivity contribution >= 4 is 29.0 Å². The van der Waals surface area contributed by atoms with Gasteiger partial charge in [0.2, 0.25) is 0 Å². The molecule has 0 N–H and O–H groups in total. The maximum Gasteiger partial charge on any atom is 0.176 e. The average Bonchev–Trinajstić information content (AvgIpc) is 2.43. The maximum atomic E-state index is 12.1. The largest absolute Gasteiger partial charge is 0.295 e. The van der Waals surface area contributed by atoms with Gasteiger partial charge in [0.15, 0.2) is 5.78 Å². The molecule has 0 spiro atoms. The third kappa shape index (κ3) is 4.07. The zero-order chi connectivity index (χ0) is 14.5. The van der Waals surface area contributed by atoms with Crippen LogP contribution in [-0.4, -0.2) is 24.3 Å². The molecular weight excluding hydrogens is 293 g/mol. The van der Waals surface area contributed by atoms with Crippen LogP contribution in [0.25, 0.3) is 0 Å². The highest BCUT2D eigenvalue weighted by atomic mass is 35.5. The molecule has 0 aliphatic heterocycles. The van der Waals surface area contributed by atoms with E-state index in [0.717, 1.165) is 11.1 Å². The Morgan fingerprint density at radius 3 is 2.45 bits per heavy atom. The van der Waals surface area contributed by atoms with Crippen LogP contribution >= 0.6 is 23.2 Å². The predicted molar refractivity (Wildman–Crippen MR) is 83.6 cm³/mol. The molecule has 104 valence electrons. The van der Waals surface area contributed by atoms with Gasteiger partial charge in [-0.3, -0.25) is 9.69 Å². The van der Waals surface area contributed by atoms with E-state index in [4.69, 9.17) is 23.2 Å². The second-order valence-electron chi connectivity index (χ2n) is 4.70. The van der Waals surface area contributed by atoms with E-state index in [0.29, 0.717) is 23.1 Å². The molecule has 0 amide bonds. The highest BCUT2D eigenvalue weighted by Gasteiger charge is 2.11. The van der Waals surface area contributed by atoms with Crippen molar-refractivity contribution in [3.05, 3.63) is 69.7 Å². The van der Waals surface area contributed by atoms with Crippen LogP contribution < -0.4 is 0 Å². The van der Waals surface area contributed by atoms with Crippen molar-refractivity contribution in [2.24, 2.45) is 0 Å². The molecule has 0 heterocycles. The average molecular weight is 308 g/mol. The molecular formula is C16H15Cl2NO. The first-order valence-electron chi connectivity index (χ1n) is 6.27. The van der Waals surface area contributed by atoms with E-state index < -0.39 is 0 Å². The van der Waals surface area contributed by atoms with E-state index in [-0.39, 0.29) is 5.78 Å². The summed E-state index contributed by atoms with van der Waals surface area (Å²) in [5, 5.41) is 1.23. The van der Waals surface area contributed by atoms with Gasteiger partial charge in [0, 0.05) is 22.2 Å². The Labute approximate surface area is 128 Å². The first-order chi connectivity index (χ1) is 9.56. The summed E-state index contributed by atoms with van der Waals surface area (Å²) in [6.45, 7) is 0.956. The lowest BCUT2D eigenvalue weighted by Gasteiger charge is -2.16. The molecule has 2 aromatic rings. The molecule has 2 nitrogen and oxygen atoms in total. The fourth-order valence-electron chi connectivity index (χ4n) is 1.96. The van der Waals surface area contributed by atoms with E-state index in [1.807, 2.05) is 48.3 Å². The van der Waals surface area contributed by atoms with Gasteiger partial charge >= 0.3 is 0 Å². The number of Topliss-reactive ketones (excluding diaryl/α,β-unsaturated/α-hetero) is 1. The quantitative estimate of drug-likeness (QED) is 0.767. The minimum Gasteiger partial charge on any atom is -0.295 e. The van der Waals surface area contributed by atoms with Crippen LogP contribution in [0.5, 0.6) is 0 Å². The number of nitrogens with zero attached hydrogens (tertiary/aromatic N) is 1. The van der Waals surface area contributed by atoms with Gasteiger partial charge in [-0.15, -0.1) is 0 Å². The normalized spacial score (nSPS) is 10.8. The van der Waals surface area contributed by atoms with Gasteiger partial charge < -0.3 is 0 Å². The summed E-state index contributed by atoms with van der Waals surface area (Å²) < 4.78 is 0. The SMILES string of the molecule is CN(CC(=O)c1ccccc1)Cc1ccc(Cl)cc1Cl. The van der Waals surface area contributed by atoms with Crippen LogP contribution in [0.3, 0.4) is 0 Å². The molecule has 0 aliphatic rings. The van der Waals surface area contributed by atoms with Crippen LogP contribution in [0.4, 0.5) is 0 Å². The van der Waals surface area contributed by atoms with Crippen molar-refractivity contribution < 1.29 is 4.79 Å². The lowest BCUT2D eigenvalue weighted by atomic mass is 10.1. The molecule has 20 heavy (non-hydrogen) atoms. The Kier molecular flexibility index (Phi) is 5.18. The molecule has 4 heteroatoms. The first-order valence-corrected chi connectivity index (χ1v) is 7.02. The Morgan fingerprint density at radius 2 is 1.80 bits per heavy atom. The molecule has 2 aromatic carbocycles. The van der Waals surface area contributed by atoms with Crippen LogP contribution in [0.1, 0.15) is 15.9 Å². The van der Waals surface area contributed by atoms with Crippen LogP contribution in [-0.2, 0) is 6.54 Å². The third-order valence-electron chi connectivity index (χ3n) is 2.96. The molecule has 0 fully saturated rings. The van der Waals surface area contributed by atoms with E-state index in [9.17, 15) is 4.79 Å². The minimum atomic E-state index is 0.0955. The number of carbonyl (C=O) groups excluding carboxylic acids is 1. The highest BCUT2D eigenvalue weighted by Crippen LogP contribution is 2.22. The summed E-state index contributed by atoms with van der Waals surface area (Å²) in [6.07, 6.45) is 0. The number of halogens is 2. The van der Waals surface area contributed by atoms with Gasteiger partial charge in [0.25, 0.3) is 0 Å². The Balaban J connectivity index is 1.99. The fraction of sp³-hybridized carbons (Fsp3) is 0.188. The van der Waals surface area contributed by atoms with Crippen LogP contribution in [0.15, 0.2) is 48.5 Å². The van der Waals surface area contributed by atoms with Gasteiger partial charge in [-0.25, -0.2) is 0 Å². The van der Waals surface area contributed by atoms with Gasteiger partial charge in [0.05, 0.1) is 6.54 Å². The molecule has 0 radical (unpaired) electrons. The topological polar surface area (TPSA) is 20.3 Å². The van der Waals surface area contributed by atoms with Crippen LogP contribution in [0, 0.1) is 0 Å². The molecule has 0 aromatic heterocycles. The standard InChI is InChI=1S/C16H15Cl2NO/c1-19(10-13-7-8-14(17)9-15(13)18)11-16(20)12-5-3-2-4-6-12/h2-9H,10-11H2,1H3. The molecule has 0 saturated carbocycles. The van der Waals surface area contributed by atoms with Crippen molar-refractivity contribution in [3.8, 4) is 0 Å². The van der Waals surface area contributed by atoms with E-state index in [1.54, 1.807) is 12.1 Å². The second-order valence-corrected chi connectivity index (χ2v) is 5.54. The molecule has 2 rings (SSSR count). The van der Waals surface area contributed by atoms with Crippen molar-refractivity contribution in [1.29, 1.82) is 0 Å². The number of benzene rings is 2. The van der Waals surface area contributed by atoms with Gasteiger partial charge in [-0.2, -0.15) is 0 Å². The summed E-state index contributed by atoms with van der Waals surface area (Å²) in [5.41, 5.74) is 1.68. The van der Waals surface area contributed by atoms with Crippen molar-refractivity contribution in [2.75, 3.05) is 13.6 Å². The molecule has 0 saturated heterocycles. The number of carbonyl (C=O) groups is 1. The number of likely N-dealkylation sites (N-methyl/N-ethyl adjacent to an activating group) is 1. The number of ketones is 1. The van der Waals surface area contributed by atoms with E-state index in [2.05, 4.69) is 0 Å². The summed E-state index contributed by atoms with van der Waals surface area (Å²) in [5.74, 6) is 0.0955.